The zero-order valence-electron chi connectivity index (χ0n) is 12.2. The van der Waals surface area contributed by atoms with E-state index >= 15 is 0 Å². The molecule has 0 amide bonds. The molecule has 0 fully saturated rings. The smallest absolute Gasteiger partial charge is 0.240 e. The van der Waals surface area contributed by atoms with Gasteiger partial charge in [-0.1, -0.05) is 0 Å². The maximum atomic E-state index is 11.7. The number of hydrogen-bond donors (Lipinski definition) is 2. The first-order valence-corrected chi connectivity index (χ1v) is 8.00. The van der Waals surface area contributed by atoms with Gasteiger partial charge in [0.1, 0.15) is 0 Å². The number of nitrogens with zero attached hydrogens (tertiary/aromatic N) is 2. The zero-order chi connectivity index (χ0) is 15.5. The summed E-state index contributed by atoms with van der Waals surface area (Å²) in [6.45, 7) is 3.89. The Morgan fingerprint density at radius 3 is 2.29 bits per heavy atom. The summed E-state index contributed by atoms with van der Waals surface area (Å²) in [7, 11) is -2.01. The Morgan fingerprint density at radius 1 is 1.10 bits per heavy atom. The van der Waals surface area contributed by atoms with E-state index in [0.29, 0.717) is 0 Å². The number of hydrogen-bond acceptors (Lipinski definition) is 5. The van der Waals surface area contributed by atoms with Crippen LogP contribution in [0.25, 0.3) is 0 Å². The van der Waals surface area contributed by atoms with Crippen LogP contribution in [-0.4, -0.2) is 25.4 Å². The molecular formula is C14H18N4O2S. The molecular weight excluding hydrogens is 288 g/mol. The van der Waals surface area contributed by atoms with Crippen LogP contribution < -0.4 is 10.0 Å². The first-order chi connectivity index (χ1) is 9.94. The molecule has 6 nitrogen and oxygen atoms in total. The fraction of sp³-hybridized carbons (Fsp3) is 0.286. The van der Waals surface area contributed by atoms with E-state index in [0.717, 1.165) is 17.1 Å². The number of benzene rings is 1. The Kier molecular flexibility index (Phi) is 4.54. The van der Waals surface area contributed by atoms with Gasteiger partial charge in [0.25, 0.3) is 0 Å². The van der Waals surface area contributed by atoms with E-state index in [1.54, 1.807) is 36.7 Å². The van der Waals surface area contributed by atoms with Crippen LogP contribution >= 0.6 is 0 Å². The Bertz CT molecular complexity index is 714. The van der Waals surface area contributed by atoms with Crippen LogP contribution in [0.5, 0.6) is 0 Å². The Labute approximate surface area is 124 Å². The van der Waals surface area contributed by atoms with Crippen LogP contribution in [0.3, 0.4) is 0 Å². The van der Waals surface area contributed by atoms with Crippen molar-refractivity contribution < 1.29 is 8.42 Å². The Hall–Kier alpha value is -1.99. The number of sulfonamides is 1. The quantitative estimate of drug-likeness (QED) is 0.881. The Balaban J connectivity index is 2.16. The number of anilines is 1. The third-order valence-electron chi connectivity index (χ3n) is 3.15. The van der Waals surface area contributed by atoms with Crippen molar-refractivity contribution in [3.63, 3.8) is 0 Å². The lowest BCUT2D eigenvalue weighted by molar-refractivity contribution is 0.588. The van der Waals surface area contributed by atoms with Crippen molar-refractivity contribution in [2.75, 3.05) is 12.4 Å². The van der Waals surface area contributed by atoms with Gasteiger partial charge in [0.15, 0.2) is 0 Å². The fourth-order valence-electron chi connectivity index (χ4n) is 2.01. The van der Waals surface area contributed by atoms with Gasteiger partial charge < -0.3 is 5.32 Å². The van der Waals surface area contributed by atoms with Crippen molar-refractivity contribution in [1.82, 2.24) is 14.7 Å². The van der Waals surface area contributed by atoms with Crippen molar-refractivity contribution in [2.45, 2.75) is 24.8 Å². The van der Waals surface area contributed by atoms with Gasteiger partial charge in [-0.05, 0) is 45.2 Å². The van der Waals surface area contributed by atoms with Crippen LogP contribution in [0.1, 0.15) is 24.4 Å². The van der Waals surface area contributed by atoms with E-state index < -0.39 is 10.0 Å². The van der Waals surface area contributed by atoms with E-state index in [-0.39, 0.29) is 10.9 Å². The molecule has 112 valence electrons. The monoisotopic (exact) mass is 306 g/mol. The largest absolute Gasteiger partial charge is 0.377 e. The van der Waals surface area contributed by atoms with Gasteiger partial charge in [-0.2, -0.15) is 0 Å². The van der Waals surface area contributed by atoms with Crippen LogP contribution in [-0.2, 0) is 10.0 Å². The molecule has 0 spiro atoms. The molecule has 0 aliphatic rings. The minimum absolute atomic E-state index is 0.0227. The van der Waals surface area contributed by atoms with Crippen molar-refractivity contribution in [3.8, 4) is 0 Å². The molecule has 1 heterocycles. The van der Waals surface area contributed by atoms with Gasteiger partial charge in [0.2, 0.25) is 10.0 Å². The van der Waals surface area contributed by atoms with E-state index in [1.807, 2.05) is 13.8 Å². The summed E-state index contributed by atoms with van der Waals surface area (Å²) in [5, 5.41) is 3.28. The first kappa shape index (κ1) is 15.4. The second-order valence-corrected chi connectivity index (χ2v) is 6.51. The van der Waals surface area contributed by atoms with Gasteiger partial charge in [0.05, 0.1) is 22.3 Å². The van der Waals surface area contributed by atoms with Crippen molar-refractivity contribution >= 4 is 15.7 Å². The maximum Gasteiger partial charge on any atom is 0.240 e. The molecule has 2 rings (SSSR count). The van der Waals surface area contributed by atoms with Gasteiger partial charge in [0, 0.05) is 18.1 Å². The molecule has 7 heteroatoms. The molecule has 1 unspecified atom stereocenters. The fourth-order valence-corrected chi connectivity index (χ4v) is 2.74. The predicted octanol–water partition coefficient (Wildman–Crippen LogP) is 1.87. The molecule has 0 radical (unpaired) electrons. The summed E-state index contributed by atoms with van der Waals surface area (Å²) in [5.74, 6) is 0. The van der Waals surface area contributed by atoms with Gasteiger partial charge in [-0.3, -0.25) is 9.97 Å². The van der Waals surface area contributed by atoms with Crippen molar-refractivity contribution in [3.05, 3.63) is 48.0 Å². The van der Waals surface area contributed by atoms with E-state index in [1.165, 1.54) is 7.05 Å². The topological polar surface area (TPSA) is 84.0 Å². The lowest BCUT2D eigenvalue weighted by atomic mass is 10.2. The predicted molar refractivity (Wildman–Crippen MR) is 81.5 cm³/mol. The first-order valence-electron chi connectivity index (χ1n) is 6.51. The third-order valence-corrected chi connectivity index (χ3v) is 4.58. The highest BCUT2D eigenvalue weighted by atomic mass is 32.2. The molecule has 1 aromatic carbocycles. The van der Waals surface area contributed by atoms with Gasteiger partial charge in [-0.25, -0.2) is 13.1 Å². The average molecular weight is 306 g/mol. The Morgan fingerprint density at radius 2 is 1.71 bits per heavy atom. The summed E-state index contributed by atoms with van der Waals surface area (Å²) in [4.78, 5) is 8.76. The molecule has 0 saturated heterocycles. The zero-order valence-corrected chi connectivity index (χ0v) is 13.0. The third kappa shape index (κ3) is 3.56. The summed E-state index contributed by atoms with van der Waals surface area (Å²) in [6.07, 6.45) is 3.31. The number of rotatable bonds is 5. The average Bonchev–Trinajstić information content (AvgIpc) is 2.48. The number of aromatic nitrogens is 2. The minimum Gasteiger partial charge on any atom is -0.377 e. The molecule has 2 N–H and O–H groups in total. The second-order valence-electron chi connectivity index (χ2n) is 4.62. The highest BCUT2D eigenvalue weighted by molar-refractivity contribution is 7.89. The minimum atomic E-state index is -3.40. The standard InChI is InChI=1S/C14H18N4O2S/c1-10-14(17-9-8-16-10)11(2)18-12-4-6-13(7-5-12)21(19,20)15-3/h4-9,11,15,18H,1-3H3. The van der Waals surface area contributed by atoms with Crippen LogP contribution in [0, 0.1) is 6.92 Å². The molecule has 2 aromatic rings. The van der Waals surface area contributed by atoms with E-state index in [4.69, 9.17) is 0 Å². The van der Waals surface area contributed by atoms with Crippen molar-refractivity contribution in [2.24, 2.45) is 0 Å². The van der Waals surface area contributed by atoms with Gasteiger partial charge >= 0.3 is 0 Å². The van der Waals surface area contributed by atoms with E-state index in [2.05, 4.69) is 20.0 Å². The van der Waals surface area contributed by atoms with Crippen LogP contribution in [0.4, 0.5) is 5.69 Å². The molecule has 1 aromatic heterocycles. The summed E-state index contributed by atoms with van der Waals surface area (Å²) >= 11 is 0. The summed E-state index contributed by atoms with van der Waals surface area (Å²) < 4.78 is 25.6. The molecule has 0 aliphatic carbocycles. The molecule has 0 saturated carbocycles. The molecule has 21 heavy (non-hydrogen) atoms. The molecule has 1 atom stereocenters. The summed E-state index contributed by atoms with van der Waals surface area (Å²) in [5.41, 5.74) is 2.55. The van der Waals surface area contributed by atoms with Crippen LogP contribution in [0.2, 0.25) is 0 Å². The van der Waals surface area contributed by atoms with Crippen molar-refractivity contribution in [1.29, 1.82) is 0 Å². The molecule has 0 bridgehead atoms. The second kappa shape index (κ2) is 6.19. The number of nitrogens with one attached hydrogen (secondary N) is 2. The normalized spacial score (nSPS) is 12.9. The van der Waals surface area contributed by atoms with Crippen LogP contribution in [0.15, 0.2) is 41.6 Å². The highest BCUT2D eigenvalue weighted by Crippen LogP contribution is 2.20. The lowest BCUT2D eigenvalue weighted by Crippen LogP contribution is -2.18. The SMILES string of the molecule is CNS(=O)(=O)c1ccc(NC(C)c2nccnc2C)cc1. The molecule has 0 aliphatic heterocycles. The lowest BCUT2D eigenvalue weighted by Gasteiger charge is -2.16. The van der Waals surface area contributed by atoms with E-state index in [9.17, 15) is 8.42 Å². The maximum absolute atomic E-state index is 11.7. The van der Waals surface area contributed by atoms with Gasteiger partial charge in [-0.15, -0.1) is 0 Å². The highest BCUT2D eigenvalue weighted by Gasteiger charge is 2.13. The summed E-state index contributed by atoms with van der Waals surface area (Å²) in [6, 6.07) is 6.55. The number of aryl methyl sites for hydroxylation is 1.